The molecule has 0 bridgehead atoms. The summed E-state index contributed by atoms with van der Waals surface area (Å²) >= 11 is 4.45. The third-order valence-corrected chi connectivity index (χ3v) is 6.63. The van der Waals surface area contributed by atoms with Crippen LogP contribution >= 0.6 is 11.6 Å². The Labute approximate surface area is 178 Å². The minimum absolute atomic E-state index is 0.134. The summed E-state index contributed by atoms with van der Waals surface area (Å²) in [5.74, 6) is -0.873. The van der Waals surface area contributed by atoms with Crippen LogP contribution in [0.2, 0.25) is 5.02 Å². The molecule has 2 heterocycles. The number of pyridine rings is 1. The zero-order valence-corrected chi connectivity index (χ0v) is 17.2. The number of fused-ring (bicyclic) bond motifs is 3. The maximum Gasteiger partial charge on any atom is 0.322 e. The molecule has 2 amide bonds. The van der Waals surface area contributed by atoms with Crippen molar-refractivity contribution in [3.63, 3.8) is 0 Å². The van der Waals surface area contributed by atoms with Gasteiger partial charge in [-0.25, -0.2) is 13.6 Å². The molecule has 2 aromatic carbocycles. The van der Waals surface area contributed by atoms with Gasteiger partial charge in [-0.2, -0.15) is 0 Å². The topological polar surface area (TPSA) is 88.3 Å². The number of carbonyl (C=O) groups is 1. The van der Waals surface area contributed by atoms with Crippen LogP contribution in [0.5, 0.6) is 0 Å². The molecule has 0 fully saturated rings. The summed E-state index contributed by atoms with van der Waals surface area (Å²) < 4.78 is 39.5. The van der Waals surface area contributed by atoms with Crippen LogP contribution in [0.15, 0.2) is 41.2 Å². The molecular formula is C20H16ClF2N3O3S. The fourth-order valence-corrected chi connectivity index (χ4v) is 5.17. The second-order valence-electron chi connectivity index (χ2n) is 6.97. The zero-order valence-electron chi connectivity index (χ0n) is 15.7. The molecule has 1 aromatic heterocycles. The quantitative estimate of drug-likeness (QED) is 0.579. The van der Waals surface area contributed by atoms with Crippen molar-refractivity contribution in [2.24, 2.45) is 0 Å². The molecule has 0 saturated heterocycles. The lowest BCUT2D eigenvalue weighted by molar-refractivity contribution is 0.208. The summed E-state index contributed by atoms with van der Waals surface area (Å²) in [6, 6.07) is 6.50. The summed E-state index contributed by atoms with van der Waals surface area (Å²) in [6.07, 6.45) is 0. The van der Waals surface area contributed by atoms with E-state index in [1.165, 1.54) is 36.2 Å². The predicted octanol–water partition coefficient (Wildman–Crippen LogP) is 3.93. The number of H-pyrrole nitrogens is 1. The average Bonchev–Trinajstić information content (AvgIpc) is 2.69. The highest BCUT2D eigenvalue weighted by molar-refractivity contribution is 7.90. The largest absolute Gasteiger partial charge is 0.616 e. The predicted molar refractivity (Wildman–Crippen MR) is 112 cm³/mol. The lowest BCUT2D eigenvalue weighted by Gasteiger charge is -2.34. The number of benzene rings is 2. The van der Waals surface area contributed by atoms with Gasteiger partial charge < -0.3 is 19.8 Å². The number of halogens is 3. The maximum atomic E-state index is 13.7. The lowest BCUT2D eigenvalue weighted by atomic mass is 9.97. The Morgan fingerprint density at radius 1 is 1.27 bits per heavy atom. The van der Waals surface area contributed by atoms with Crippen LogP contribution in [0, 0.1) is 11.6 Å². The monoisotopic (exact) mass is 451 g/mol. The first-order valence-corrected chi connectivity index (χ1v) is 10.8. The van der Waals surface area contributed by atoms with Gasteiger partial charge >= 0.3 is 6.03 Å². The first-order valence-electron chi connectivity index (χ1n) is 8.92. The molecule has 0 spiro atoms. The van der Waals surface area contributed by atoms with Crippen molar-refractivity contribution in [1.29, 1.82) is 0 Å². The number of aromatic nitrogens is 1. The first kappa shape index (κ1) is 20.6. The van der Waals surface area contributed by atoms with Crippen LogP contribution < -0.4 is 10.9 Å². The van der Waals surface area contributed by atoms with Crippen LogP contribution in [0.1, 0.15) is 17.3 Å². The van der Waals surface area contributed by atoms with Gasteiger partial charge in [0, 0.05) is 18.3 Å². The summed E-state index contributed by atoms with van der Waals surface area (Å²) in [6.45, 7) is 0. The van der Waals surface area contributed by atoms with Crippen LogP contribution in [0.25, 0.3) is 10.8 Å². The number of hydrogen-bond donors (Lipinski definition) is 2. The smallest absolute Gasteiger partial charge is 0.322 e. The van der Waals surface area contributed by atoms with Crippen LogP contribution in [-0.4, -0.2) is 33.3 Å². The number of nitrogens with one attached hydrogen (secondary N) is 2. The molecule has 6 nitrogen and oxygen atoms in total. The number of rotatable bonds is 2. The molecule has 1 unspecified atom stereocenters. The molecule has 1 aliphatic heterocycles. The summed E-state index contributed by atoms with van der Waals surface area (Å²) in [4.78, 5) is 29.2. The number of aromatic amines is 1. The second-order valence-corrected chi connectivity index (χ2v) is 8.88. The summed E-state index contributed by atoms with van der Waals surface area (Å²) in [5, 5.41) is 3.15. The Balaban J connectivity index is 1.73. The van der Waals surface area contributed by atoms with E-state index in [9.17, 15) is 22.9 Å². The molecule has 4 rings (SSSR count). The van der Waals surface area contributed by atoms with Gasteiger partial charge in [-0.15, -0.1) is 0 Å². The minimum atomic E-state index is -1.31. The highest BCUT2D eigenvalue weighted by Crippen LogP contribution is 2.35. The van der Waals surface area contributed by atoms with Crippen molar-refractivity contribution in [3.05, 3.63) is 74.7 Å². The van der Waals surface area contributed by atoms with E-state index in [4.69, 9.17) is 11.6 Å². The highest BCUT2D eigenvalue weighted by Gasteiger charge is 2.36. The number of carbonyl (C=O) groups excluding carboxylic acids is 1. The molecule has 0 saturated carbocycles. The molecule has 2 N–H and O–H groups in total. The van der Waals surface area contributed by atoms with Gasteiger partial charge in [0.05, 0.1) is 16.1 Å². The van der Waals surface area contributed by atoms with Gasteiger partial charge in [0.2, 0.25) is 0 Å². The molecular weight excluding hydrogens is 436 g/mol. The van der Waals surface area contributed by atoms with Crippen LogP contribution in [0.3, 0.4) is 0 Å². The lowest BCUT2D eigenvalue weighted by Crippen LogP contribution is -2.41. The number of amides is 2. The Kier molecular flexibility index (Phi) is 5.44. The van der Waals surface area contributed by atoms with Gasteiger partial charge in [-0.05, 0) is 46.9 Å². The molecule has 30 heavy (non-hydrogen) atoms. The van der Waals surface area contributed by atoms with E-state index in [1.807, 2.05) is 0 Å². The van der Waals surface area contributed by atoms with E-state index in [2.05, 4.69) is 10.3 Å². The highest BCUT2D eigenvalue weighted by atomic mass is 35.5. The number of anilines is 1. The Morgan fingerprint density at radius 3 is 2.77 bits per heavy atom. The summed E-state index contributed by atoms with van der Waals surface area (Å²) in [5.41, 5.74) is 0.898. The Morgan fingerprint density at radius 2 is 2.03 bits per heavy atom. The van der Waals surface area contributed by atoms with Crippen molar-refractivity contribution in [2.45, 2.75) is 11.8 Å². The van der Waals surface area contributed by atoms with Crippen molar-refractivity contribution in [3.8, 4) is 0 Å². The van der Waals surface area contributed by atoms with Crippen LogP contribution in [0.4, 0.5) is 19.3 Å². The number of urea groups is 1. The van der Waals surface area contributed by atoms with E-state index in [1.54, 1.807) is 0 Å². The van der Waals surface area contributed by atoms with Gasteiger partial charge in [0.15, 0.2) is 0 Å². The van der Waals surface area contributed by atoms with Crippen molar-refractivity contribution in [2.75, 3.05) is 18.1 Å². The third kappa shape index (κ3) is 3.76. The normalized spacial score (nSPS) is 18.2. The first-order chi connectivity index (χ1) is 14.2. The SMILES string of the molecule is CN(C(=O)Nc1ccc(F)c(Cl)c1)C1C[S@@+]([O-])Cc2[nH]c(=O)c3cc(F)ccc3c21. The fourth-order valence-electron chi connectivity index (χ4n) is 3.58. The van der Waals surface area contributed by atoms with E-state index < -0.39 is 40.4 Å². The van der Waals surface area contributed by atoms with Gasteiger partial charge in [-0.3, -0.25) is 4.79 Å². The molecule has 3 aromatic rings. The van der Waals surface area contributed by atoms with Gasteiger partial charge in [0.25, 0.3) is 5.56 Å². The van der Waals surface area contributed by atoms with Crippen molar-refractivity contribution in [1.82, 2.24) is 9.88 Å². The van der Waals surface area contributed by atoms with Crippen molar-refractivity contribution < 1.29 is 18.1 Å². The van der Waals surface area contributed by atoms with Crippen molar-refractivity contribution >= 4 is 45.3 Å². The number of nitrogens with zero attached hydrogens (tertiary/aromatic N) is 1. The second kappa shape index (κ2) is 7.90. The molecule has 0 aliphatic carbocycles. The van der Waals surface area contributed by atoms with E-state index in [0.29, 0.717) is 22.3 Å². The van der Waals surface area contributed by atoms with E-state index in [0.717, 1.165) is 12.1 Å². The molecule has 0 radical (unpaired) electrons. The Bertz CT molecular complexity index is 1220. The van der Waals surface area contributed by atoms with E-state index in [-0.39, 0.29) is 21.9 Å². The molecule has 2 atom stereocenters. The average molecular weight is 452 g/mol. The molecule has 10 heteroatoms. The van der Waals surface area contributed by atoms with E-state index >= 15 is 0 Å². The fraction of sp³-hybridized carbons (Fsp3) is 0.200. The van der Waals surface area contributed by atoms with Crippen LogP contribution in [-0.2, 0) is 16.9 Å². The van der Waals surface area contributed by atoms with Gasteiger partial charge in [-0.1, -0.05) is 17.7 Å². The summed E-state index contributed by atoms with van der Waals surface area (Å²) in [7, 11) is 1.53. The Hall–Kier alpha value is -2.62. The minimum Gasteiger partial charge on any atom is -0.616 e. The van der Waals surface area contributed by atoms with Gasteiger partial charge in [0.1, 0.15) is 29.2 Å². The zero-order chi connectivity index (χ0) is 21.6. The molecule has 1 aliphatic rings. The number of hydrogen-bond acceptors (Lipinski definition) is 3. The maximum absolute atomic E-state index is 13.7. The third-order valence-electron chi connectivity index (χ3n) is 5.05. The molecule has 156 valence electrons. The standard InChI is InChI=1S/C20H16ClF2N3O3S/c1-26(20(28)24-11-3-5-15(23)14(21)7-11)17-9-30(29)8-16-18(17)12-4-2-10(22)6-13(12)19(27)25-16/h2-7,17H,8-9H2,1H3,(H,24,28)(H,25,27)/t17?,30-/m0/s1.